The molecule has 2 rings (SSSR count). The van der Waals surface area contributed by atoms with Gasteiger partial charge in [0.05, 0.1) is 0 Å². The molecule has 0 saturated heterocycles. The molecule has 0 fully saturated rings. The Kier molecular flexibility index (Phi) is 6.77. The van der Waals surface area contributed by atoms with Gasteiger partial charge in [-0.15, -0.1) is 0 Å². The number of hydrogen-bond acceptors (Lipinski definition) is 0. The molecule has 2 aromatic carbocycles. The Morgan fingerprint density at radius 2 is 1.00 bits per heavy atom. The molecule has 0 heterocycles. The van der Waals surface area contributed by atoms with Crippen LogP contribution >= 0.6 is 0 Å². The predicted octanol–water partition coefficient (Wildman–Crippen LogP) is 7.51. The molecule has 0 aromatic heterocycles. The van der Waals surface area contributed by atoms with Gasteiger partial charge in [0.1, 0.15) is 11.6 Å². The molecule has 11 heteroatoms. The van der Waals surface area contributed by atoms with Crippen LogP contribution in [-0.4, -0.2) is 23.9 Å². The van der Waals surface area contributed by atoms with Crippen molar-refractivity contribution >= 4 is 0 Å². The molecule has 0 spiro atoms. The average molecular weight is 462 g/mol. The highest BCUT2D eigenvalue weighted by Crippen LogP contribution is 2.53. The zero-order chi connectivity index (χ0) is 23.7. The Morgan fingerprint density at radius 1 is 0.613 bits per heavy atom. The third-order valence-corrected chi connectivity index (χ3v) is 4.41. The normalized spacial score (nSPS) is 13.9. The van der Waals surface area contributed by atoms with Gasteiger partial charge in [-0.25, -0.2) is 8.78 Å². The summed E-state index contributed by atoms with van der Waals surface area (Å²) in [5.41, 5.74) is 0.543. The first-order valence-electron chi connectivity index (χ1n) is 8.49. The van der Waals surface area contributed by atoms with Gasteiger partial charge in [-0.2, -0.15) is 39.5 Å². The van der Waals surface area contributed by atoms with Crippen LogP contribution in [0.15, 0.2) is 60.7 Å². The lowest BCUT2D eigenvalue weighted by Crippen LogP contribution is -2.60. The Hall–Kier alpha value is -2.59. The van der Waals surface area contributed by atoms with E-state index in [0.717, 1.165) is 24.3 Å². The van der Waals surface area contributed by atoms with E-state index in [1.807, 2.05) is 0 Å². The van der Waals surface area contributed by atoms with E-state index in [4.69, 9.17) is 0 Å². The molecular weight excluding hydrogens is 449 g/mol. The maximum absolute atomic E-state index is 13.7. The van der Waals surface area contributed by atoms with Crippen molar-refractivity contribution in [3.05, 3.63) is 83.4 Å². The van der Waals surface area contributed by atoms with Crippen LogP contribution in [0.25, 0.3) is 0 Å². The third kappa shape index (κ3) is 5.01. The Bertz CT molecular complexity index is 849. The van der Waals surface area contributed by atoms with E-state index in [0.29, 0.717) is 6.08 Å². The Morgan fingerprint density at radius 3 is 1.35 bits per heavy atom. The van der Waals surface area contributed by atoms with Gasteiger partial charge >= 0.3 is 23.9 Å². The van der Waals surface area contributed by atoms with Crippen LogP contribution in [0, 0.1) is 11.6 Å². The Labute approximate surface area is 169 Å². The summed E-state index contributed by atoms with van der Waals surface area (Å²) >= 11 is 0. The summed E-state index contributed by atoms with van der Waals surface area (Å²) in [6.07, 6.45) is -7.89. The van der Waals surface area contributed by atoms with Gasteiger partial charge in [0, 0.05) is 5.92 Å². The van der Waals surface area contributed by atoms with Crippen LogP contribution in [0.1, 0.15) is 23.5 Å². The van der Waals surface area contributed by atoms with E-state index in [9.17, 15) is 48.3 Å². The van der Waals surface area contributed by atoms with Gasteiger partial charge in [0.2, 0.25) is 0 Å². The molecule has 0 aliphatic rings. The lowest BCUT2D eigenvalue weighted by molar-refractivity contribution is -0.388. The first-order valence-corrected chi connectivity index (χ1v) is 8.49. The van der Waals surface area contributed by atoms with Crippen LogP contribution in [0.5, 0.6) is 0 Å². The number of hydrogen-bond donors (Lipinski definition) is 0. The minimum atomic E-state index is -6.98. The van der Waals surface area contributed by atoms with Crippen molar-refractivity contribution in [1.82, 2.24) is 0 Å². The fourth-order valence-electron chi connectivity index (χ4n) is 2.70. The number of alkyl halides is 9. The minimum Gasteiger partial charge on any atom is -0.207 e. The van der Waals surface area contributed by atoms with Crippen LogP contribution in [0.3, 0.4) is 0 Å². The fraction of sp³-hybridized carbons (Fsp3) is 0.300. The van der Waals surface area contributed by atoms with Gasteiger partial charge in [-0.1, -0.05) is 30.3 Å². The minimum absolute atomic E-state index is 0.272. The van der Waals surface area contributed by atoms with E-state index in [1.54, 1.807) is 0 Å². The molecule has 170 valence electrons. The first-order chi connectivity index (χ1) is 14.1. The summed E-state index contributed by atoms with van der Waals surface area (Å²) in [6, 6.07) is 8.90. The summed E-state index contributed by atoms with van der Waals surface area (Å²) in [6.45, 7) is 0. The van der Waals surface area contributed by atoms with Gasteiger partial charge in [0.25, 0.3) is 0 Å². The van der Waals surface area contributed by atoms with Crippen molar-refractivity contribution in [3.8, 4) is 0 Å². The monoisotopic (exact) mass is 462 g/mol. The molecule has 0 aliphatic carbocycles. The van der Waals surface area contributed by atoms with Crippen molar-refractivity contribution in [3.63, 3.8) is 0 Å². The number of halogens is 11. The van der Waals surface area contributed by atoms with Gasteiger partial charge in [0.15, 0.2) is 0 Å². The van der Waals surface area contributed by atoms with Gasteiger partial charge in [-0.05, 0) is 47.9 Å². The zero-order valence-electron chi connectivity index (χ0n) is 15.2. The molecule has 2 aromatic rings. The van der Waals surface area contributed by atoms with Crippen LogP contribution in [0.2, 0.25) is 0 Å². The third-order valence-electron chi connectivity index (χ3n) is 4.41. The summed E-state index contributed by atoms with van der Waals surface area (Å²) in [5.74, 6) is -21.8. The van der Waals surface area contributed by atoms with Crippen molar-refractivity contribution < 1.29 is 48.3 Å². The van der Waals surface area contributed by atoms with E-state index >= 15 is 0 Å². The highest BCUT2D eigenvalue weighted by atomic mass is 19.4. The molecule has 0 bridgehead atoms. The van der Waals surface area contributed by atoms with Crippen LogP contribution < -0.4 is 0 Å². The summed E-state index contributed by atoms with van der Waals surface area (Å²) in [7, 11) is 0. The van der Waals surface area contributed by atoms with E-state index in [-0.39, 0.29) is 11.1 Å². The number of benzene rings is 2. The number of allylic oxidation sites excluding steroid dienone is 2. The molecule has 0 unspecified atom stereocenters. The summed E-state index contributed by atoms with van der Waals surface area (Å²) in [4.78, 5) is 0. The van der Waals surface area contributed by atoms with Crippen molar-refractivity contribution in [1.29, 1.82) is 0 Å². The fourth-order valence-corrected chi connectivity index (χ4v) is 2.70. The maximum atomic E-state index is 13.7. The molecule has 0 saturated carbocycles. The molecular formula is C20H13F11. The lowest BCUT2D eigenvalue weighted by Gasteiger charge is -2.32. The number of rotatable bonds is 7. The zero-order valence-corrected chi connectivity index (χ0v) is 15.2. The van der Waals surface area contributed by atoms with E-state index < -0.39 is 54.0 Å². The average Bonchev–Trinajstić information content (AvgIpc) is 2.66. The second kappa shape index (κ2) is 8.51. The topological polar surface area (TPSA) is 0 Å². The van der Waals surface area contributed by atoms with Crippen LogP contribution in [-0.2, 0) is 0 Å². The quantitative estimate of drug-likeness (QED) is 0.295. The van der Waals surface area contributed by atoms with Gasteiger partial charge < -0.3 is 0 Å². The first kappa shape index (κ1) is 24.7. The van der Waals surface area contributed by atoms with E-state index in [1.165, 1.54) is 24.3 Å². The Balaban J connectivity index is 2.35. The van der Waals surface area contributed by atoms with Crippen molar-refractivity contribution in [2.45, 2.75) is 36.3 Å². The summed E-state index contributed by atoms with van der Waals surface area (Å²) < 4.78 is 143. The highest BCUT2D eigenvalue weighted by molar-refractivity contribution is 5.33. The maximum Gasteiger partial charge on any atom is 0.460 e. The molecule has 0 radical (unpaired) electrons. The summed E-state index contributed by atoms with van der Waals surface area (Å²) in [5, 5.41) is 0. The SMILES string of the molecule is Fc1ccc(C(C/C=C/C(F)(F)C(F)(F)C(F)(F)C(F)(F)F)c2ccc(F)cc2)cc1. The van der Waals surface area contributed by atoms with Crippen LogP contribution in [0.4, 0.5) is 48.3 Å². The standard InChI is InChI=1S/C20H13F11/c21-14-7-3-12(4-8-14)16(13-5-9-15(22)10-6-13)2-1-11-17(23,24)18(25,26)19(27,28)20(29,30)31/h1,3-11,16H,2H2/b11-1+. The van der Waals surface area contributed by atoms with Crippen molar-refractivity contribution in [2.75, 3.05) is 0 Å². The highest BCUT2D eigenvalue weighted by Gasteiger charge is 2.81. The molecule has 0 atom stereocenters. The second-order valence-electron chi connectivity index (χ2n) is 6.56. The van der Waals surface area contributed by atoms with Crippen molar-refractivity contribution in [2.24, 2.45) is 0 Å². The molecule has 31 heavy (non-hydrogen) atoms. The largest absolute Gasteiger partial charge is 0.460 e. The second-order valence-corrected chi connectivity index (χ2v) is 6.56. The smallest absolute Gasteiger partial charge is 0.207 e. The molecule has 0 N–H and O–H groups in total. The molecule has 0 amide bonds. The predicted molar refractivity (Wildman–Crippen MR) is 89.3 cm³/mol. The van der Waals surface area contributed by atoms with Gasteiger partial charge in [-0.3, -0.25) is 0 Å². The molecule has 0 nitrogen and oxygen atoms in total. The van der Waals surface area contributed by atoms with E-state index in [2.05, 4.69) is 0 Å². The molecule has 0 aliphatic heterocycles. The lowest BCUT2D eigenvalue weighted by atomic mass is 9.88.